The smallest absolute Gasteiger partial charge is 0.277 e. The van der Waals surface area contributed by atoms with Gasteiger partial charge < -0.3 is 20.1 Å². The predicted octanol–water partition coefficient (Wildman–Crippen LogP) is 4.43. The lowest BCUT2D eigenvalue weighted by atomic mass is 10.2. The molecule has 9 heteroatoms. The first kappa shape index (κ1) is 20.6. The Hall–Kier alpha value is -4.27. The summed E-state index contributed by atoms with van der Waals surface area (Å²) in [6, 6.07) is 14.5. The number of pyridine rings is 1. The van der Waals surface area contributed by atoms with Crippen LogP contribution in [-0.4, -0.2) is 39.1 Å². The van der Waals surface area contributed by atoms with Crippen LogP contribution in [-0.2, 0) is 0 Å². The summed E-state index contributed by atoms with van der Waals surface area (Å²) in [4.78, 5) is 28.0. The van der Waals surface area contributed by atoms with E-state index < -0.39 is 0 Å². The molecular formula is C24H23N7O2. The highest BCUT2D eigenvalue weighted by molar-refractivity contribution is 6.03. The van der Waals surface area contributed by atoms with Gasteiger partial charge >= 0.3 is 0 Å². The Balaban J connectivity index is 1.24. The Morgan fingerprint density at radius 1 is 1.03 bits per heavy atom. The van der Waals surface area contributed by atoms with Gasteiger partial charge in [0.2, 0.25) is 5.95 Å². The summed E-state index contributed by atoms with van der Waals surface area (Å²) in [7, 11) is 0. The van der Waals surface area contributed by atoms with Crippen LogP contribution < -0.4 is 15.5 Å². The van der Waals surface area contributed by atoms with E-state index in [1.54, 1.807) is 24.5 Å². The topological polar surface area (TPSA) is 109 Å². The minimum Gasteiger partial charge on any atom is -0.355 e. The molecule has 1 aliphatic rings. The van der Waals surface area contributed by atoms with E-state index in [9.17, 15) is 4.79 Å². The van der Waals surface area contributed by atoms with Crippen molar-refractivity contribution in [1.82, 2.24) is 20.1 Å². The van der Waals surface area contributed by atoms with E-state index in [1.807, 2.05) is 43.3 Å². The van der Waals surface area contributed by atoms with Crippen molar-refractivity contribution in [2.45, 2.75) is 19.8 Å². The zero-order chi connectivity index (χ0) is 22.6. The Morgan fingerprint density at radius 2 is 1.82 bits per heavy atom. The Morgan fingerprint density at radius 3 is 2.58 bits per heavy atom. The Kier molecular flexibility index (Phi) is 5.67. The minimum absolute atomic E-state index is 0.196. The Bertz CT molecular complexity index is 1250. The molecular weight excluding hydrogens is 418 g/mol. The van der Waals surface area contributed by atoms with Crippen LogP contribution in [0.4, 0.5) is 23.1 Å². The van der Waals surface area contributed by atoms with E-state index in [1.165, 1.54) is 12.8 Å². The number of rotatable bonds is 6. The molecule has 0 radical (unpaired) electrons. The van der Waals surface area contributed by atoms with Crippen LogP contribution in [0.1, 0.15) is 29.0 Å². The molecule has 0 aliphatic carbocycles. The van der Waals surface area contributed by atoms with Crippen LogP contribution in [0.5, 0.6) is 0 Å². The average molecular weight is 441 g/mol. The van der Waals surface area contributed by atoms with Crippen LogP contribution in [0.15, 0.2) is 65.4 Å². The third-order valence-corrected chi connectivity index (χ3v) is 5.34. The van der Waals surface area contributed by atoms with Crippen molar-refractivity contribution in [1.29, 1.82) is 0 Å². The van der Waals surface area contributed by atoms with Gasteiger partial charge in [-0.05, 0) is 56.2 Å². The lowest BCUT2D eigenvalue weighted by molar-refractivity contribution is 0.101. The number of benzene rings is 1. The zero-order valence-electron chi connectivity index (χ0n) is 18.2. The molecule has 4 heterocycles. The average Bonchev–Trinajstić information content (AvgIpc) is 3.53. The van der Waals surface area contributed by atoms with Gasteiger partial charge in [-0.3, -0.25) is 9.78 Å². The maximum atomic E-state index is 12.5. The second-order valence-electron chi connectivity index (χ2n) is 7.86. The molecule has 5 rings (SSSR count). The lowest BCUT2D eigenvalue weighted by Gasteiger charge is -2.17. The molecule has 1 amide bonds. The summed E-state index contributed by atoms with van der Waals surface area (Å²) < 4.78 is 5.27. The van der Waals surface area contributed by atoms with Crippen molar-refractivity contribution in [3.63, 3.8) is 0 Å². The van der Waals surface area contributed by atoms with Gasteiger partial charge in [0.1, 0.15) is 5.82 Å². The first-order valence-electron chi connectivity index (χ1n) is 10.8. The lowest BCUT2D eigenvalue weighted by Crippen LogP contribution is -2.21. The molecule has 0 atom stereocenters. The fraction of sp³-hybridized carbons (Fsp3) is 0.208. The summed E-state index contributed by atoms with van der Waals surface area (Å²) in [5, 5.41) is 10.0. The normalized spacial score (nSPS) is 13.2. The van der Waals surface area contributed by atoms with Gasteiger partial charge in [-0.15, -0.1) is 0 Å². The number of aromatic nitrogens is 4. The Labute approximate surface area is 190 Å². The first-order chi connectivity index (χ1) is 16.1. The molecule has 0 saturated carbocycles. The number of hydrogen-bond acceptors (Lipinski definition) is 8. The van der Waals surface area contributed by atoms with E-state index >= 15 is 0 Å². The number of amides is 1. The largest absolute Gasteiger partial charge is 0.355 e. The summed E-state index contributed by atoms with van der Waals surface area (Å²) in [6.45, 7) is 3.95. The molecule has 2 N–H and O–H groups in total. The molecule has 166 valence electrons. The third kappa shape index (κ3) is 4.82. The van der Waals surface area contributed by atoms with Crippen molar-refractivity contribution < 1.29 is 9.32 Å². The van der Waals surface area contributed by atoms with Crippen LogP contribution in [0.25, 0.3) is 11.3 Å². The molecule has 0 bridgehead atoms. The van der Waals surface area contributed by atoms with Crippen LogP contribution in [0.2, 0.25) is 0 Å². The van der Waals surface area contributed by atoms with Crippen LogP contribution >= 0.6 is 0 Å². The maximum absolute atomic E-state index is 12.5. The number of anilines is 4. The maximum Gasteiger partial charge on any atom is 0.277 e. The monoisotopic (exact) mass is 441 g/mol. The minimum atomic E-state index is -0.351. The number of nitrogens with zero attached hydrogens (tertiary/aromatic N) is 5. The van der Waals surface area contributed by atoms with Crippen LogP contribution in [0, 0.1) is 6.92 Å². The highest BCUT2D eigenvalue weighted by Gasteiger charge is 2.16. The summed E-state index contributed by atoms with van der Waals surface area (Å²) in [5.41, 5.74) is 3.37. The SMILES string of the molecule is Cc1cc(Nc2ccc(NC(=O)c3cc(-c4cccnc4)on3)cc2)nc(N2CCCC2)n1. The van der Waals surface area contributed by atoms with Gasteiger partial charge in [0.25, 0.3) is 5.91 Å². The zero-order valence-corrected chi connectivity index (χ0v) is 18.2. The van der Waals surface area contributed by atoms with E-state index in [2.05, 4.69) is 35.6 Å². The van der Waals surface area contributed by atoms with Crippen LogP contribution in [0.3, 0.4) is 0 Å². The van der Waals surface area contributed by atoms with E-state index in [-0.39, 0.29) is 11.6 Å². The van der Waals surface area contributed by atoms with Gasteiger partial charge in [0, 0.05) is 60.2 Å². The molecule has 1 saturated heterocycles. The third-order valence-electron chi connectivity index (χ3n) is 5.34. The summed E-state index contributed by atoms with van der Waals surface area (Å²) in [5.74, 6) is 1.64. The molecule has 3 aromatic heterocycles. The first-order valence-corrected chi connectivity index (χ1v) is 10.8. The standard InChI is InChI=1S/C24H23N7O2/c1-16-13-22(29-24(26-16)31-11-2-3-12-31)27-18-6-8-19(9-7-18)28-23(32)20-14-21(33-30-20)17-5-4-10-25-15-17/h4-10,13-15H,2-3,11-12H2,1H3,(H,28,32)(H,26,27,29). The second kappa shape index (κ2) is 9.07. The van der Waals surface area contributed by atoms with E-state index in [0.29, 0.717) is 11.4 Å². The number of carbonyl (C=O) groups is 1. The van der Waals surface area contributed by atoms with E-state index in [0.717, 1.165) is 41.8 Å². The highest BCUT2D eigenvalue weighted by atomic mass is 16.5. The van der Waals surface area contributed by atoms with Crippen molar-refractivity contribution in [2.24, 2.45) is 0 Å². The fourth-order valence-electron chi connectivity index (χ4n) is 3.68. The predicted molar refractivity (Wildman–Crippen MR) is 126 cm³/mol. The molecule has 1 fully saturated rings. The fourth-order valence-corrected chi connectivity index (χ4v) is 3.68. The van der Waals surface area contributed by atoms with Crippen molar-refractivity contribution in [3.05, 3.63) is 72.3 Å². The van der Waals surface area contributed by atoms with Crippen molar-refractivity contribution in [2.75, 3.05) is 28.6 Å². The molecule has 1 aliphatic heterocycles. The quantitative estimate of drug-likeness (QED) is 0.452. The number of aryl methyl sites for hydroxylation is 1. The van der Waals surface area contributed by atoms with Gasteiger partial charge in [-0.25, -0.2) is 4.98 Å². The van der Waals surface area contributed by atoms with Gasteiger partial charge in [-0.2, -0.15) is 4.98 Å². The molecule has 9 nitrogen and oxygen atoms in total. The number of nitrogens with one attached hydrogen (secondary N) is 2. The number of carbonyl (C=O) groups excluding carboxylic acids is 1. The second-order valence-corrected chi connectivity index (χ2v) is 7.86. The van der Waals surface area contributed by atoms with Gasteiger partial charge in [-0.1, -0.05) is 5.16 Å². The molecule has 4 aromatic rings. The van der Waals surface area contributed by atoms with Crippen molar-refractivity contribution >= 4 is 29.0 Å². The summed E-state index contributed by atoms with van der Waals surface area (Å²) in [6.07, 6.45) is 5.67. The highest BCUT2D eigenvalue weighted by Crippen LogP contribution is 2.23. The van der Waals surface area contributed by atoms with E-state index in [4.69, 9.17) is 4.52 Å². The van der Waals surface area contributed by atoms with Gasteiger partial charge in [0.15, 0.2) is 11.5 Å². The molecule has 0 unspecified atom stereocenters. The van der Waals surface area contributed by atoms with Crippen molar-refractivity contribution in [3.8, 4) is 11.3 Å². The number of hydrogen-bond donors (Lipinski definition) is 2. The molecule has 1 aromatic carbocycles. The van der Waals surface area contributed by atoms with Gasteiger partial charge in [0.05, 0.1) is 0 Å². The molecule has 0 spiro atoms. The molecule has 33 heavy (non-hydrogen) atoms. The summed E-state index contributed by atoms with van der Waals surface area (Å²) >= 11 is 0.